The summed E-state index contributed by atoms with van der Waals surface area (Å²) < 4.78 is 0. The Morgan fingerprint density at radius 2 is 0.947 bits per heavy atom. The molecule has 0 aromatic heterocycles. The van der Waals surface area contributed by atoms with E-state index in [1.54, 1.807) is 25.7 Å². The monoisotopic (exact) mass is 286 g/mol. The number of hydrogen-bond acceptors (Lipinski definition) is 0. The first kappa shape index (κ1) is 19.4. The Morgan fingerprint density at radius 1 is 0.632 bits per heavy atom. The molecule has 0 aliphatic heterocycles. The lowest BCUT2D eigenvalue weighted by Crippen LogP contribution is -2.21. The first-order chi connectivity index (χ1) is 9.42. The maximum Gasteiger partial charge on any atom is -0.0207 e. The van der Waals surface area contributed by atoms with Gasteiger partial charge in [0.2, 0.25) is 0 Å². The van der Waals surface area contributed by atoms with E-state index in [0.29, 0.717) is 7.92 Å². The van der Waals surface area contributed by atoms with Gasteiger partial charge in [0.05, 0.1) is 0 Å². The lowest BCUT2D eigenvalue weighted by Gasteiger charge is -2.38. The van der Waals surface area contributed by atoms with Gasteiger partial charge in [0.15, 0.2) is 0 Å². The quantitative estimate of drug-likeness (QED) is 0.481. The fraction of sp³-hybridized carbons (Fsp3) is 1.00. The molecule has 0 heterocycles. The van der Waals surface area contributed by atoms with Crippen LogP contribution in [0.3, 0.4) is 0 Å². The summed E-state index contributed by atoms with van der Waals surface area (Å²) in [6, 6.07) is 0. The molecule has 0 N–H and O–H groups in total. The van der Waals surface area contributed by atoms with Crippen LogP contribution >= 0.6 is 7.92 Å². The first-order valence-corrected chi connectivity index (χ1v) is 10.8. The summed E-state index contributed by atoms with van der Waals surface area (Å²) in [4.78, 5) is 0. The van der Waals surface area contributed by atoms with E-state index in [-0.39, 0.29) is 0 Å². The maximum atomic E-state index is 2.47. The second kappa shape index (κ2) is 13.4. The lowest BCUT2D eigenvalue weighted by atomic mass is 9.99. The highest BCUT2D eigenvalue weighted by molar-refractivity contribution is 7.59. The zero-order valence-corrected chi connectivity index (χ0v) is 15.3. The molecule has 2 fully saturated rings. The number of rotatable bonds is 3. The summed E-state index contributed by atoms with van der Waals surface area (Å²) >= 11 is 0. The minimum Gasteiger partial charge on any atom is -0.101 e. The molecule has 116 valence electrons. The smallest absolute Gasteiger partial charge is 0.0207 e. The van der Waals surface area contributed by atoms with Crippen LogP contribution in [0.15, 0.2) is 0 Å². The standard InChI is InChI=1S/C14H27P.2C2H6/c1-2-15(13-9-5-3-6-10-13)14-11-7-4-8-12-14;2*1-2/h13-14H,2-12H2,1H3;2*1-2H3. The molecule has 2 aliphatic rings. The minimum atomic E-state index is 0.405. The largest absolute Gasteiger partial charge is 0.101 e. The minimum absolute atomic E-state index is 0.405. The van der Waals surface area contributed by atoms with E-state index < -0.39 is 0 Å². The van der Waals surface area contributed by atoms with Gasteiger partial charge in [-0.3, -0.25) is 0 Å². The summed E-state index contributed by atoms with van der Waals surface area (Å²) in [6.07, 6.45) is 17.0. The Morgan fingerprint density at radius 3 is 1.21 bits per heavy atom. The third-order valence-electron chi connectivity index (χ3n) is 4.45. The van der Waals surface area contributed by atoms with Crippen LogP contribution in [0.25, 0.3) is 0 Å². The van der Waals surface area contributed by atoms with Crippen LogP contribution in [0.2, 0.25) is 0 Å². The fourth-order valence-corrected chi connectivity index (χ4v) is 7.33. The van der Waals surface area contributed by atoms with Gasteiger partial charge in [-0.15, -0.1) is 7.92 Å². The van der Waals surface area contributed by atoms with Crippen molar-refractivity contribution in [2.24, 2.45) is 0 Å². The lowest BCUT2D eigenvalue weighted by molar-refractivity contribution is 0.484. The molecular formula is C18H39P. The van der Waals surface area contributed by atoms with Gasteiger partial charge in [0.25, 0.3) is 0 Å². The summed E-state index contributed by atoms with van der Waals surface area (Å²) in [5, 5.41) is 0. The Kier molecular flexibility index (Phi) is 13.7. The first-order valence-electron chi connectivity index (χ1n) is 9.17. The van der Waals surface area contributed by atoms with Gasteiger partial charge < -0.3 is 0 Å². The second-order valence-electron chi connectivity index (χ2n) is 5.41. The normalized spacial score (nSPS) is 21.2. The molecular weight excluding hydrogens is 247 g/mol. The van der Waals surface area contributed by atoms with Crippen LogP contribution in [-0.2, 0) is 0 Å². The van der Waals surface area contributed by atoms with Gasteiger partial charge in [0, 0.05) is 0 Å². The molecule has 2 rings (SSSR count). The van der Waals surface area contributed by atoms with Crippen molar-refractivity contribution in [2.75, 3.05) is 6.16 Å². The average molecular weight is 286 g/mol. The van der Waals surface area contributed by atoms with Crippen LogP contribution in [0.1, 0.15) is 98.8 Å². The van der Waals surface area contributed by atoms with Crippen LogP contribution < -0.4 is 0 Å². The summed E-state index contributed by atoms with van der Waals surface area (Å²) in [7, 11) is 0.405. The Balaban J connectivity index is 0.000000741. The molecule has 0 aromatic carbocycles. The molecule has 0 amide bonds. The maximum absolute atomic E-state index is 2.47. The Labute approximate surface area is 124 Å². The van der Waals surface area contributed by atoms with E-state index in [9.17, 15) is 0 Å². The molecule has 0 bridgehead atoms. The predicted octanol–water partition coefficient (Wildman–Crippen LogP) is 7.21. The molecule has 0 spiro atoms. The molecule has 0 saturated heterocycles. The third kappa shape index (κ3) is 7.12. The van der Waals surface area contributed by atoms with Crippen LogP contribution in [0.5, 0.6) is 0 Å². The van der Waals surface area contributed by atoms with Crippen LogP contribution in [-0.4, -0.2) is 17.5 Å². The van der Waals surface area contributed by atoms with Crippen molar-refractivity contribution in [1.82, 2.24) is 0 Å². The molecule has 0 radical (unpaired) electrons. The zero-order valence-electron chi connectivity index (χ0n) is 14.4. The second-order valence-corrected chi connectivity index (χ2v) is 8.54. The van der Waals surface area contributed by atoms with E-state index >= 15 is 0 Å². The Hall–Kier alpha value is 0.430. The van der Waals surface area contributed by atoms with Crippen LogP contribution in [0, 0.1) is 0 Å². The van der Waals surface area contributed by atoms with E-state index in [4.69, 9.17) is 0 Å². The van der Waals surface area contributed by atoms with Gasteiger partial charge in [-0.05, 0) is 43.2 Å². The van der Waals surface area contributed by atoms with Crippen molar-refractivity contribution in [3.05, 3.63) is 0 Å². The molecule has 19 heavy (non-hydrogen) atoms. The van der Waals surface area contributed by atoms with Crippen molar-refractivity contribution in [3.8, 4) is 0 Å². The van der Waals surface area contributed by atoms with Gasteiger partial charge in [-0.25, -0.2) is 0 Å². The van der Waals surface area contributed by atoms with E-state index in [1.807, 2.05) is 27.7 Å². The molecule has 0 unspecified atom stereocenters. The molecule has 0 atom stereocenters. The van der Waals surface area contributed by atoms with Gasteiger partial charge >= 0.3 is 0 Å². The van der Waals surface area contributed by atoms with Crippen molar-refractivity contribution < 1.29 is 0 Å². The SMILES string of the molecule is CC.CC.CCP(C1CCCCC1)C1CCCCC1. The summed E-state index contributed by atoms with van der Waals surface area (Å²) in [6.45, 7) is 10.5. The third-order valence-corrected chi connectivity index (χ3v) is 8.09. The van der Waals surface area contributed by atoms with Crippen molar-refractivity contribution in [1.29, 1.82) is 0 Å². The van der Waals surface area contributed by atoms with E-state index in [1.165, 1.54) is 56.0 Å². The van der Waals surface area contributed by atoms with Crippen molar-refractivity contribution in [3.63, 3.8) is 0 Å². The zero-order chi connectivity index (χ0) is 14.5. The average Bonchev–Trinajstić information content (AvgIpc) is 2.54. The van der Waals surface area contributed by atoms with Crippen molar-refractivity contribution >= 4 is 7.92 Å². The van der Waals surface area contributed by atoms with Gasteiger partial charge in [-0.1, -0.05) is 73.1 Å². The molecule has 0 nitrogen and oxygen atoms in total. The van der Waals surface area contributed by atoms with Gasteiger partial charge in [-0.2, -0.15) is 0 Å². The molecule has 1 heteroatoms. The fourth-order valence-electron chi connectivity index (χ4n) is 3.64. The highest BCUT2D eigenvalue weighted by atomic mass is 31.1. The molecule has 0 aromatic rings. The Bertz CT molecular complexity index is 149. The summed E-state index contributed by atoms with van der Waals surface area (Å²) in [5.41, 5.74) is 2.34. The van der Waals surface area contributed by atoms with Crippen molar-refractivity contribution in [2.45, 2.75) is 110 Å². The molecule has 2 aliphatic carbocycles. The highest BCUT2D eigenvalue weighted by Gasteiger charge is 2.29. The topological polar surface area (TPSA) is 0 Å². The molecule has 2 saturated carbocycles. The van der Waals surface area contributed by atoms with E-state index in [2.05, 4.69) is 6.92 Å². The van der Waals surface area contributed by atoms with E-state index in [0.717, 1.165) is 0 Å². The highest BCUT2D eigenvalue weighted by Crippen LogP contribution is 2.55. The van der Waals surface area contributed by atoms with Gasteiger partial charge in [0.1, 0.15) is 0 Å². The number of hydrogen-bond donors (Lipinski definition) is 0. The summed E-state index contributed by atoms with van der Waals surface area (Å²) in [5.74, 6) is 0. The van der Waals surface area contributed by atoms with Crippen LogP contribution in [0.4, 0.5) is 0 Å². The predicted molar refractivity (Wildman–Crippen MR) is 93.9 cm³/mol.